The highest BCUT2D eigenvalue weighted by Crippen LogP contribution is 2.21. The van der Waals surface area contributed by atoms with Gasteiger partial charge >= 0.3 is 5.97 Å². The van der Waals surface area contributed by atoms with E-state index in [0.717, 1.165) is 0 Å². The average Bonchev–Trinajstić information content (AvgIpc) is 3.11. The van der Waals surface area contributed by atoms with Crippen molar-refractivity contribution in [3.8, 4) is 0 Å². The van der Waals surface area contributed by atoms with Crippen molar-refractivity contribution in [2.24, 2.45) is 5.92 Å². The average molecular weight is 703 g/mol. The van der Waals surface area contributed by atoms with Crippen molar-refractivity contribution in [2.75, 3.05) is 6.61 Å². The monoisotopic (exact) mass is 703 g/mol. The number of ether oxygens (including phenoxy) is 1. The molecule has 0 bridgehead atoms. The fourth-order valence-electron chi connectivity index (χ4n) is 7.65. The van der Waals surface area contributed by atoms with E-state index in [1.165, 1.54) is 257 Å². The van der Waals surface area contributed by atoms with Gasteiger partial charge in [0.2, 0.25) is 0 Å². The molecule has 2 nitrogen and oxygen atoms in total. The Kier molecular flexibility index (Phi) is 41.9. The highest BCUT2D eigenvalue weighted by molar-refractivity contribution is 5.86. The van der Waals surface area contributed by atoms with Gasteiger partial charge < -0.3 is 4.74 Å². The minimum atomic E-state index is -0.212. The van der Waals surface area contributed by atoms with Gasteiger partial charge in [-0.3, -0.25) is 0 Å². The van der Waals surface area contributed by atoms with Gasteiger partial charge in [-0.25, -0.2) is 4.79 Å². The fraction of sp³-hybridized carbons (Fsp3) is 0.938. The third-order valence-corrected chi connectivity index (χ3v) is 11.2. The van der Waals surface area contributed by atoms with Crippen molar-refractivity contribution < 1.29 is 9.53 Å². The van der Waals surface area contributed by atoms with Crippen LogP contribution in [-0.4, -0.2) is 12.6 Å². The van der Waals surface area contributed by atoms with Crippen LogP contribution in [0, 0.1) is 5.92 Å². The molecule has 0 saturated heterocycles. The molecule has 0 saturated carbocycles. The maximum atomic E-state index is 12.0. The van der Waals surface area contributed by atoms with Crippen LogP contribution in [0.5, 0.6) is 0 Å². The zero-order chi connectivity index (χ0) is 36.4. The second kappa shape index (κ2) is 42.6. The molecule has 0 amide bonds. The molecule has 0 radical (unpaired) electrons. The first-order valence-electron chi connectivity index (χ1n) is 23.4. The van der Waals surface area contributed by atoms with Crippen LogP contribution in [0.15, 0.2) is 12.2 Å². The Morgan fingerprint density at radius 3 is 0.780 bits per heavy atom. The fourth-order valence-corrected chi connectivity index (χ4v) is 7.65. The van der Waals surface area contributed by atoms with Gasteiger partial charge in [-0.2, -0.15) is 0 Å². The van der Waals surface area contributed by atoms with Gasteiger partial charge in [0.05, 0.1) is 6.61 Å². The van der Waals surface area contributed by atoms with Crippen molar-refractivity contribution in [1.29, 1.82) is 0 Å². The van der Waals surface area contributed by atoms with E-state index in [4.69, 9.17) is 4.74 Å². The molecule has 298 valence electrons. The van der Waals surface area contributed by atoms with E-state index in [1.54, 1.807) is 6.92 Å². The third-order valence-electron chi connectivity index (χ3n) is 11.2. The Labute approximate surface area is 316 Å². The SMILES string of the molecule is C=C(C)C(=O)OCC(CCCCCCCCCCCCCCCCCCCC)CCCCCCCCCCCCCCCCCCCCCC. The summed E-state index contributed by atoms with van der Waals surface area (Å²) in [5.74, 6) is 0.311. The van der Waals surface area contributed by atoms with E-state index in [2.05, 4.69) is 20.4 Å². The van der Waals surface area contributed by atoms with E-state index in [0.29, 0.717) is 18.1 Å². The second-order valence-corrected chi connectivity index (χ2v) is 16.6. The summed E-state index contributed by atoms with van der Waals surface area (Å²) in [6.07, 6.45) is 56.5. The Balaban J connectivity index is 3.67. The lowest BCUT2D eigenvalue weighted by atomic mass is 9.94. The summed E-state index contributed by atoms with van der Waals surface area (Å²) in [4.78, 5) is 12.0. The number of hydrogen-bond donors (Lipinski definition) is 0. The van der Waals surface area contributed by atoms with Crippen LogP contribution in [0.4, 0.5) is 0 Å². The van der Waals surface area contributed by atoms with Crippen molar-refractivity contribution in [3.05, 3.63) is 12.2 Å². The first-order valence-corrected chi connectivity index (χ1v) is 23.4. The molecule has 0 heterocycles. The molecular weight excluding hydrogens is 609 g/mol. The van der Waals surface area contributed by atoms with Crippen molar-refractivity contribution in [3.63, 3.8) is 0 Å². The van der Waals surface area contributed by atoms with Gasteiger partial charge in [0.1, 0.15) is 0 Å². The van der Waals surface area contributed by atoms with Gasteiger partial charge in [-0.15, -0.1) is 0 Å². The van der Waals surface area contributed by atoms with Crippen molar-refractivity contribution >= 4 is 5.97 Å². The molecule has 0 aromatic heterocycles. The van der Waals surface area contributed by atoms with E-state index < -0.39 is 0 Å². The Morgan fingerprint density at radius 1 is 0.380 bits per heavy atom. The number of carbonyl (C=O) groups is 1. The van der Waals surface area contributed by atoms with Crippen LogP contribution in [0.3, 0.4) is 0 Å². The molecule has 0 spiro atoms. The second-order valence-electron chi connectivity index (χ2n) is 16.6. The first kappa shape index (κ1) is 49.2. The maximum Gasteiger partial charge on any atom is 0.333 e. The van der Waals surface area contributed by atoms with Crippen molar-refractivity contribution in [1.82, 2.24) is 0 Å². The van der Waals surface area contributed by atoms with Gasteiger partial charge in [-0.05, 0) is 25.7 Å². The molecule has 0 aliphatic carbocycles. The zero-order valence-corrected chi connectivity index (χ0v) is 35.1. The van der Waals surface area contributed by atoms with Crippen LogP contribution in [0.1, 0.15) is 278 Å². The summed E-state index contributed by atoms with van der Waals surface area (Å²) in [7, 11) is 0. The van der Waals surface area contributed by atoms with Gasteiger partial charge in [0.25, 0.3) is 0 Å². The smallest absolute Gasteiger partial charge is 0.333 e. The third kappa shape index (κ3) is 40.0. The predicted molar refractivity (Wildman–Crippen MR) is 225 cm³/mol. The first-order chi connectivity index (χ1) is 24.6. The minimum absolute atomic E-state index is 0.212. The lowest BCUT2D eigenvalue weighted by Gasteiger charge is -2.17. The summed E-state index contributed by atoms with van der Waals surface area (Å²) in [5, 5.41) is 0. The van der Waals surface area contributed by atoms with Crippen LogP contribution < -0.4 is 0 Å². The summed E-state index contributed by atoms with van der Waals surface area (Å²) >= 11 is 0. The van der Waals surface area contributed by atoms with Gasteiger partial charge in [-0.1, -0.05) is 264 Å². The molecule has 1 atom stereocenters. The standard InChI is InChI=1S/C48H94O2/c1-5-7-9-11-13-15-17-19-21-23-25-26-28-30-32-34-36-38-40-42-44-47(45-50-48(49)46(3)4)43-41-39-37-35-33-31-29-27-24-22-20-18-16-14-12-10-8-6-2/h47H,3,5-45H2,1-2,4H3. The molecular formula is C48H94O2. The van der Waals surface area contributed by atoms with Gasteiger partial charge in [0.15, 0.2) is 0 Å². The predicted octanol–water partition coefficient (Wildman–Crippen LogP) is 17.4. The highest BCUT2D eigenvalue weighted by atomic mass is 16.5. The molecule has 50 heavy (non-hydrogen) atoms. The maximum absolute atomic E-state index is 12.0. The summed E-state index contributed by atoms with van der Waals surface area (Å²) in [6.45, 7) is 10.7. The summed E-state index contributed by atoms with van der Waals surface area (Å²) in [5.41, 5.74) is 0.524. The molecule has 0 aromatic carbocycles. The number of hydrogen-bond acceptors (Lipinski definition) is 2. The van der Waals surface area contributed by atoms with Crippen LogP contribution in [0.25, 0.3) is 0 Å². The largest absolute Gasteiger partial charge is 0.462 e. The number of esters is 1. The summed E-state index contributed by atoms with van der Waals surface area (Å²) in [6, 6.07) is 0. The van der Waals surface area contributed by atoms with Gasteiger partial charge in [0, 0.05) is 5.57 Å². The summed E-state index contributed by atoms with van der Waals surface area (Å²) < 4.78 is 5.61. The molecule has 0 N–H and O–H groups in total. The van der Waals surface area contributed by atoms with Crippen LogP contribution >= 0.6 is 0 Å². The molecule has 2 heteroatoms. The molecule has 0 aliphatic heterocycles. The van der Waals surface area contributed by atoms with E-state index in [1.807, 2.05) is 0 Å². The Bertz CT molecular complexity index is 669. The number of unbranched alkanes of at least 4 members (excludes halogenated alkanes) is 36. The lowest BCUT2D eigenvalue weighted by molar-refractivity contribution is -0.140. The van der Waals surface area contributed by atoms with Crippen LogP contribution in [0.2, 0.25) is 0 Å². The molecule has 0 aliphatic rings. The molecule has 0 rings (SSSR count). The molecule has 0 fully saturated rings. The Hall–Kier alpha value is -0.790. The van der Waals surface area contributed by atoms with Crippen molar-refractivity contribution in [2.45, 2.75) is 278 Å². The highest BCUT2D eigenvalue weighted by Gasteiger charge is 2.12. The normalized spacial score (nSPS) is 12.1. The van der Waals surface area contributed by atoms with Crippen LogP contribution in [-0.2, 0) is 9.53 Å². The van der Waals surface area contributed by atoms with E-state index in [9.17, 15) is 4.79 Å². The topological polar surface area (TPSA) is 26.3 Å². The number of rotatable bonds is 43. The quantitative estimate of drug-likeness (QED) is 0.0359. The minimum Gasteiger partial charge on any atom is -0.462 e. The Morgan fingerprint density at radius 2 is 0.580 bits per heavy atom. The molecule has 0 aromatic rings. The number of carbonyl (C=O) groups excluding carboxylic acids is 1. The molecule has 1 unspecified atom stereocenters. The van der Waals surface area contributed by atoms with E-state index in [-0.39, 0.29) is 5.97 Å². The van der Waals surface area contributed by atoms with E-state index >= 15 is 0 Å². The zero-order valence-electron chi connectivity index (χ0n) is 35.1. The lowest BCUT2D eigenvalue weighted by Crippen LogP contribution is -2.15.